The molecule has 67 heavy (non-hydrogen) atoms. The number of carbonyl (C=O) groups is 2. The Morgan fingerprint density at radius 1 is 0.687 bits per heavy atom. The quantitative estimate of drug-likeness (QED) is 0.0916. The molecule has 6 rings (SSSR count). The van der Waals surface area contributed by atoms with Crippen molar-refractivity contribution in [2.75, 3.05) is 50.0 Å². The van der Waals surface area contributed by atoms with Gasteiger partial charge in [-0.3, -0.25) is 18.6 Å². The van der Waals surface area contributed by atoms with Crippen molar-refractivity contribution in [2.24, 2.45) is 0 Å². The number of β-amino-alcohol motifs (C(OH)–C–C–N with tert-alkyl or cyclic N) is 1. The molecule has 366 valence electrons. The second-order valence-electron chi connectivity index (χ2n) is 14.7. The third-order valence-corrected chi connectivity index (χ3v) is 15.2. The standard InChI is InChI=1S/C19H20ClF2N2O8PS.C19H21ClFN2O8PS/c20-15-8-12(2-6-16(15)21)23-19(26)11-1-5-17(22)18(7-11)34(30,31)24-9-13(25)3-4-14(10-24)32-33(27,28)29;1-12-2-3-13(19(24)22-14-4-5-17(21)16(20)9-14)8-18(12)33(28,29)23-6-7-30-11-15(10-23)31-32(25,26)27/h1-2,5-8,13-14,25H,3-4,9-10H2,(H,23,26)(H2,27,28,29);2-5,8-9,15H,6-7,10-11H2,1H3,(H,22,24)(H2,25,26,27)/t13-,14+;/m1./s1. The first-order chi connectivity index (χ1) is 31.1. The van der Waals surface area contributed by atoms with Gasteiger partial charge in [-0.2, -0.15) is 8.61 Å². The number of phosphoric ester groups is 2. The van der Waals surface area contributed by atoms with Gasteiger partial charge < -0.3 is 40.1 Å². The fourth-order valence-electron chi connectivity index (χ4n) is 6.50. The minimum atomic E-state index is -4.96. The third kappa shape index (κ3) is 15.1. The van der Waals surface area contributed by atoms with E-state index in [9.17, 15) is 53.8 Å². The number of anilines is 2. The fourth-order valence-corrected chi connectivity index (χ4v) is 11.2. The highest BCUT2D eigenvalue weighted by Gasteiger charge is 2.37. The van der Waals surface area contributed by atoms with Crippen LogP contribution in [0.25, 0.3) is 0 Å². The zero-order valence-corrected chi connectivity index (χ0v) is 39.5. The van der Waals surface area contributed by atoms with E-state index in [0.29, 0.717) is 9.87 Å². The van der Waals surface area contributed by atoms with E-state index in [1.165, 1.54) is 36.4 Å². The molecule has 1 unspecified atom stereocenters. The minimum absolute atomic E-state index is 0.00913. The molecule has 4 aromatic carbocycles. The Hall–Kier alpha value is -3.85. The Morgan fingerprint density at radius 2 is 1.16 bits per heavy atom. The number of nitrogens with one attached hydrogen (secondary N) is 2. The summed E-state index contributed by atoms with van der Waals surface area (Å²) in [4.78, 5) is 60.4. The predicted octanol–water partition coefficient (Wildman–Crippen LogP) is 5.03. The number of sulfonamides is 2. The van der Waals surface area contributed by atoms with Crippen LogP contribution in [0.3, 0.4) is 0 Å². The van der Waals surface area contributed by atoms with E-state index in [2.05, 4.69) is 19.7 Å². The molecule has 2 fully saturated rings. The molecule has 0 spiro atoms. The minimum Gasteiger partial charge on any atom is -0.392 e. The number of halogens is 5. The van der Waals surface area contributed by atoms with E-state index in [1.807, 2.05) is 0 Å². The van der Waals surface area contributed by atoms with E-state index < -0.39 is 101 Å². The van der Waals surface area contributed by atoms with Crippen LogP contribution in [-0.2, 0) is 43.0 Å². The van der Waals surface area contributed by atoms with Gasteiger partial charge >= 0.3 is 15.6 Å². The van der Waals surface area contributed by atoms with Gasteiger partial charge in [0.2, 0.25) is 20.0 Å². The number of benzene rings is 4. The molecule has 0 bridgehead atoms. The second kappa shape index (κ2) is 22.3. The number of aryl methyl sites for hydroxylation is 1. The zero-order valence-electron chi connectivity index (χ0n) is 34.5. The number of amides is 2. The van der Waals surface area contributed by atoms with Crippen LogP contribution in [-0.4, -0.2) is 120 Å². The number of ether oxygens (including phenoxy) is 1. The molecule has 0 aliphatic carbocycles. The molecule has 2 amide bonds. The van der Waals surface area contributed by atoms with Crippen molar-refractivity contribution < 1.29 is 87.2 Å². The number of nitrogens with zero attached hydrogens (tertiary/aromatic N) is 2. The summed E-state index contributed by atoms with van der Waals surface area (Å²) in [5, 5.41) is 14.5. The lowest BCUT2D eigenvalue weighted by Gasteiger charge is -2.25. The molecule has 0 aromatic heterocycles. The van der Waals surface area contributed by atoms with Crippen LogP contribution in [0.4, 0.5) is 24.5 Å². The van der Waals surface area contributed by atoms with Crippen LogP contribution in [0.15, 0.2) is 82.6 Å². The number of aliphatic hydroxyl groups excluding tert-OH is 1. The molecule has 0 radical (unpaired) electrons. The largest absolute Gasteiger partial charge is 0.469 e. The Kier molecular flexibility index (Phi) is 18.0. The summed E-state index contributed by atoms with van der Waals surface area (Å²) in [7, 11) is -18.7. The van der Waals surface area contributed by atoms with Crippen LogP contribution in [0, 0.1) is 24.4 Å². The summed E-state index contributed by atoms with van der Waals surface area (Å²) in [6.45, 7) is -0.123. The monoisotopic (exact) mass is 1060 g/mol. The van der Waals surface area contributed by atoms with Crippen LogP contribution in [0.2, 0.25) is 10.0 Å². The molecule has 29 heteroatoms. The van der Waals surface area contributed by atoms with Gasteiger partial charge in [-0.15, -0.1) is 0 Å². The van der Waals surface area contributed by atoms with Gasteiger partial charge in [0.05, 0.1) is 40.4 Å². The maximum atomic E-state index is 14.6. The van der Waals surface area contributed by atoms with Crippen LogP contribution in [0.5, 0.6) is 0 Å². The zero-order chi connectivity index (χ0) is 49.6. The predicted molar refractivity (Wildman–Crippen MR) is 234 cm³/mol. The van der Waals surface area contributed by atoms with E-state index >= 15 is 0 Å². The van der Waals surface area contributed by atoms with Crippen molar-refractivity contribution in [3.63, 3.8) is 0 Å². The number of rotatable bonds is 12. The molecular weight excluding hydrogens is 1020 g/mol. The van der Waals surface area contributed by atoms with E-state index in [4.69, 9.17) is 47.5 Å². The van der Waals surface area contributed by atoms with Crippen LogP contribution < -0.4 is 10.6 Å². The third-order valence-electron chi connectivity index (χ3n) is 9.65. The van der Waals surface area contributed by atoms with E-state index in [0.717, 1.165) is 40.7 Å². The maximum Gasteiger partial charge on any atom is 0.469 e. The molecule has 7 N–H and O–H groups in total. The van der Waals surface area contributed by atoms with Crippen molar-refractivity contribution in [1.82, 2.24) is 8.61 Å². The van der Waals surface area contributed by atoms with Gasteiger partial charge in [-0.25, -0.2) is 39.1 Å². The second-order valence-corrected chi connectivity index (χ2v) is 21.7. The number of phosphoric acid groups is 2. The number of carbonyl (C=O) groups excluding carboxylic acids is 2. The lowest BCUT2D eigenvalue weighted by Crippen LogP contribution is -2.40. The summed E-state index contributed by atoms with van der Waals surface area (Å²) >= 11 is 11.4. The molecule has 0 saturated carbocycles. The van der Waals surface area contributed by atoms with Crippen molar-refractivity contribution in [1.29, 1.82) is 0 Å². The molecule has 2 saturated heterocycles. The van der Waals surface area contributed by atoms with E-state index in [1.54, 1.807) is 6.92 Å². The number of aliphatic hydroxyl groups is 1. The average molecular weight is 1060 g/mol. The van der Waals surface area contributed by atoms with Gasteiger partial charge in [-0.05, 0) is 92.1 Å². The smallest absolute Gasteiger partial charge is 0.392 e. The van der Waals surface area contributed by atoms with Crippen molar-refractivity contribution in [3.05, 3.63) is 117 Å². The van der Waals surface area contributed by atoms with Gasteiger partial charge in [0.1, 0.15) is 28.5 Å². The van der Waals surface area contributed by atoms with Crippen molar-refractivity contribution in [3.8, 4) is 0 Å². The molecular formula is C38H41Cl2F3N4O16P2S2. The lowest BCUT2D eigenvalue weighted by molar-refractivity contribution is 0.0519. The number of hydrogen-bond acceptors (Lipinski definition) is 12. The lowest BCUT2D eigenvalue weighted by atomic mass is 10.1. The summed E-state index contributed by atoms with van der Waals surface area (Å²) in [5.41, 5.74) is 0.457. The SMILES string of the molecule is Cc1ccc(C(=O)Nc2ccc(F)c(Cl)c2)cc1S(=O)(=O)N1CCOCC(OP(=O)(O)O)C1.O=C(Nc1ccc(F)c(Cl)c1)c1ccc(F)c(S(=O)(=O)N2C[C@H](O)CC[C@H](OP(=O)(O)O)C2)c1. The summed E-state index contributed by atoms with van der Waals surface area (Å²) in [6, 6.07) is 13.6. The normalized spacial score (nSPS) is 19.1. The van der Waals surface area contributed by atoms with Crippen molar-refractivity contribution >= 4 is 82.1 Å². The molecule has 4 aromatic rings. The molecule has 2 aliphatic heterocycles. The van der Waals surface area contributed by atoms with Gasteiger partial charge in [-0.1, -0.05) is 29.3 Å². The van der Waals surface area contributed by atoms with Gasteiger partial charge in [0.15, 0.2) is 0 Å². The fraction of sp³-hybridized carbons (Fsp3) is 0.316. The van der Waals surface area contributed by atoms with Crippen LogP contribution in [0.1, 0.15) is 39.1 Å². The van der Waals surface area contributed by atoms with Crippen LogP contribution >= 0.6 is 38.8 Å². The summed E-state index contributed by atoms with van der Waals surface area (Å²) in [5.74, 6) is -4.03. The Bertz CT molecular complexity index is 2830. The molecule has 2 aliphatic rings. The first kappa shape index (κ1) is 54.1. The van der Waals surface area contributed by atoms with E-state index in [-0.39, 0.29) is 76.6 Å². The topological polar surface area (TPSA) is 296 Å². The molecule has 2 heterocycles. The first-order valence-corrected chi connectivity index (χ1v) is 26.0. The number of hydrogen-bond donors (Lipinski definition) is 7. The van der Waals surface area contributed by atoms with Gasteiger partial charge in [0, 0.05) is 48.7 Å². The van der Waals surface area contributed by atoms with Crippen molar-refractivity contribution in [2.45, 2.75) is 47.9 Å². The molecule has 20 nitrogen and oxygen atoms in total. The Labute approximate surface area is 391 Å². The highest BCUT2D eigenvalue weighted by atomic mass is 35.5. The highest BCUT2D eigenvalue weighted by Crippen LogP contribution is 2.40. The maximum absolute atomic E-state index is 14.6. The summed E-state index contributed by atoms with van der Waals surface area (Å²) < 4.78 is 133. The Morgan fingerprint density at radius 3 is 1.70 bits per heavy atom. The average Bonchev–Trinajstić information content (AvgIpc) is 3.58. The Balaban J connectivity index is 0.000000251. The molecule has 3 atom stereocenters. The highest BCUT2D eigenvalue weighted by molar-refractivity contribution is 7.89. The summed E-state index contributed by atoms with van der Waals surface area (Å²) in [6.07, 6.45) is -3.70. The van der Waals surface area contributed by atoms with Gasteiger partial charge in [0.25, 0.3) is 11.8 Å². The first-order valence-electron chi connectivity index (χ1n) is 19.3.